The van der Waals surface area contributed by atoms with Crippen LogP contribution in [0.2, 0.25) is 0 Å². The summed E-state index contributed by atoms with van der Waals surface area (Å²) in [5, 5.41) is 25.4. The number of benzene rings is 6. The van der Waals surface area contributed by atoms with Crippen molar-refractivity contribution in [3.8, 4) is 80.2 Å². The van der Waals surface area contributed by atoms with Gasteiger partial charge in [0, 0.05) is 49.4 Å². The number of aromatic nitrogens is 14. The molecule has 354 valence electrons. The highest BCUT2D eigenvalue weighted by atomic mass is 15.1. The Morgan fingerprint density at radius 1 is 0.324 bits per heavy atom. The molecule has 0 unspecified atom stereocenters. The van der Waals surface area contributed by atoms with Crippen molar-refractivity contribution in [2.24, 2.45) is 0 Å². The molecule has 6 heterocycles. The lowest BCUT2D eigenvalue weighted by atomic mass is 9.98. The van der Waals surface area contributed by atoms with E-state index in [-0.39, 0.29) is 0 Å². The molecule has 74 heavy (non-hydrogen) atoms. The molecule has 0 aliphatic rings. The first-order chi connectivity index (χ1) is 35.8. The Balaban J connectivity index is 1.16. The van der Waals surface area contributed by atoms with E-state index in [2.05, 4.69) is 83.7 Å². The van der Waals surface area contributed by atoms with Crippen LogP contribution in [-0.4, -0.2) is 68.9 Å². The molecule has 6 aromatic carbocycles. The molecule has 12 rings (SSSR count). The maximum atomic E-state index is 11.5. The molecule has 0 aliphatic carbocycles. The molecule has 0 saturated carbocycles. The normalized spacial score (nSPS) is 11.5. The van der Waals surface area contributed by atoms with Gasteiger partial charge >= 0.3 is 0 Å². The van der Waals surface area contributed by atoms with Crippen LogP contribution in [0.25, 0.3) is 112 Å². The Kier molecular flexibility index (Phi) is 10.6. The van der Waals surface area contributed by atoms with Crippen LogP contribution in [0.15, 0.2) is 109 Å². The highest BCUT2D eigenvalue weighted by molar-refractivity contribution is 6.13. The van der Waals surface area contributed by atoms with Crippen LogP contribution in [0.4, 0.5) is 0 Å². The van der Waals surface area contributed by atoms with Crippen molar-refractivity contribution >= 4 is 43.6 Å². The Morgan fingerprint density at radius 3 is 0.986 bits per heavy atom. The van der Waals surface area contributed by atoms with E-state index in [9.17, 15) is 10.5 Å². The zero-order valence-corrected chi connectivity index (χ0v) is 41.5. The maximum absolute atomic E-state index is 11.5. The van der Waals surface area contributed by atoms with Crippen molar-refractivity contribution in [1.82, 2.24) is 68.9 Å². The third kappa shape index (κ3) is 7.78. The first kappa shape index (κ1) is 45.1. The number of nitrogens with zero attached hydrogens (tertiary/aromatic N) is 16. The zero-order valence-electron chi connectivity index (χ0n) is 41.5. The minimum Gasteiger partial charge on any atom is -0.309 e. The second-order valence-corrected chi connectivity index (χ2v) is 18.3. The van der Waals surface area contributed by atoms with Gasteiger partial charge in [0.25, 0.3) is 0 Å². The Morgan fingerprint density at radius 2 is 0.662 bits per heavy atom. The Hall–Kier alpha value is -10.1. The van der Waals surface area contributed by atoms with Crippen LogP contribution in [0.3, 0.4) is 0 Å². The molecule has 6 aromatic heterocycles. The van der Waals surface area contributed by atoms with Crippen LogP contribution in [-0.2, 0) is 0 Å². The summed E-state index contributed by atoms with van der Waals surface area (Å²) in [6.45, 7) is 14.9. The van der Waals surface area contributed by atoms with E-state index in [1.54, 1.807) is 6.07 Å². The number of aryl methyl sites for hydroxylation is 8. The van der Waals surface area contributed by atoms with Crippen LogP contribution in [0.5, 0.6) is 0 Å². The van der Waals surface area contributed by atoms with Crippen LogP contribution in [0.1, 0.15) is 57.7 Å². The lowest BCUT2D eigenvalue weighted by Gasteiger charge is -2.19. The van der Waals surface area contributed by atoms with Crippen molar-refractivity contribution in [2.75, 3.05) is 0 Å². The summed E-state index contributed by atoms with van der Waals surface area (Å²) in [7, 11) is 0. The summed E-state index contributed by atoms with van der Waals surface area (Å²) < 4.78 is 4.32. The summed E-state index contributed by atoms with van der Waals surface area (Å²) in [6.07, 6.45) is 0. The van der Waals surface area contributed by atoms with Gasteiger partial charge < -0.3 is 9.13 Å². The summed E-state index contributed by atoms with van der Waals surface area (Å²) in [6, 6.07) is 41.2. The number of hydrogen-bond acceptors (Lipinski definition) is 14. The Bertz CT molecular complexity index is 4160. The highest BCUT2D eigenvalue weighted by Crippen LogP contribution is 2.43. The van der Waals surface area contributed by atoms with E-state index in [4.69, 9.17) is 39.9 Å². The number of hydrogen-bond donors (Lipinski definition) is 0. The molecule has 0 aliphatic heterocycles. The van der Waals surface area contributed by atoms with E-state index in [0.29, 0.717) is 86.7 Å². The van der Waals surface area contributed by atoms with E-state index in [1.165, 1.54) is 0 Å². The molecular weight excluding hydrogens is 921 g/mol. The quantitative estimate of drug-likeness (QED) is 0.145. The largest absolute Gasteiger partial charge is 0.309 e. The fourth-order valence-corrected chi connectivity index (χ4v) is 10.1. The smallest absolute Gasteiger partial charge is 0.163 e. The van der Waals surface area contributed by atoms with Crippen LogP contribution < -0.4 is 0 Å². The minimum atomic E-state index is 0.412. The number of nitriles is 2. The molecule has 0 N–H and O–H groups in total. The van der Waals surface area contributed by atoms with E-state index in [0.717, 1.165) is 82.7 Å². The second-order valence-electron chi connectivity index (χ2n) is 18.3. The highest BCUT2D eigenvalue weighted by Gasteiger charge is 2.24. The Labute approximate surface area is 423 Å². The van der Waals surface area contributed by atoms with Gasteiger partial charge in [-0.2, -0.15) is 10.5 Å². The van der Waals surface area contributed by atoms with Gasteiger partial charge in [0.2, 0.25) is 0 Å². The van der Waals surface area contributed by atoms with Gasteiger partial charge in [-0.05, 0) is 158 Å². The van der Waals surface area contributed by atoms with Gasteiger partial charge in [-0.15, -0.1) is 0 Å². The van der Waals surface area contributed by atoms with Gasteiger partial charge in [0.05, 0.1) is 50.6 Å². The molecule has 0 fully saturated rings. The van der Waals surface area contributed by atoms with Gasteiger partial charge in [-0.25, -0.2) is 59.8 Å². The lowest BCUT2D eigenvalue weighted by Crippen LogP contribution is -2.04. The predicted molar refractivity (Wildman–Crippen MR) is 283 cm³/mol. The van der Waals surface area contributed by atoms with Gasteiger partial charge in [-0.1, -0.05) is 12.1 Å². The number of rotatable bonds is 7. The lowest BCUT2D eigenvalue weighted by molar-refractivity contribution is 0.928. The average molecular weight is 963 g/mol. The monoisotopic (exact) mass is 962 g/mol. The fraction of sp³-hybridized carbons (Fsp3) is 0.138. The fourth-order valence-electron chi connectivity index (χ4n) is 10.1. The predicted octanol–water partition coefficient (Wildman–Crippen LogP) is 11.2. The average Bonchev–Trinajstić information content (AvgIpc) is 3.88. The van der Waals surface area contributed by atoms with Crippen LogP contribution >= 0.6 is 0 Å². The summed E-state index contributed by atoms with van der Waals surface area (Å²) in [5.74, 6) is 7.20. The molecule has 0 spiro atoms. The summed E-state index contributed by atoms with van der Waals surface area (Å²) in [5.41, 5.74) is 10.5. The van der Waals surface area contributed by atoms with Gasteiger partial charge in [0.15, 0.2) is 23.3 Å². The molecular formula is C58H42N16. The molecule has 16 heteroatoms. The molecule has 0 radical (unpaired) electrons. The third-order valence-electron chi connectivity index (χ3n) is 13.0. The molecule has 16 nitrogen and oxygen atoms in total. The maximum Gasteiger partial charge on any atom is 0.163 e. The summed E-state index contributed by atoms with van der Waals surface area (Å²) >= 11 is 0. The van der Waals surface area contributed by atoms with Crippen molar-refractivity contribution < 1.29 is 0 Å². The zero-order chi connectivity index (χ0) is 51.1. The first-order valence-corrected chi connectivity index (χ1v) is 23.8. The van der Waals surface area contributed by atoms with E-state index < -0.39 is 0 Å². The van der Waals surface area contributed by atoms with Crippen molar-refractivity contribution in [2.45, 2.75) is 55.4 Å². The van der Waals surface area contributed by atoms with Crippen molar-refractivity contribution in [1.29, 1.82) is 10.5 Å². The molecule has 0 atom stereocenters. The first-order valence-electron chi connectivity index (χ1n) is 23.8. The number of fused-ring (bicyclic) bond motifs is 6. The second kappa shape index (κ2) is 17.4. The molecule has 0 amide bonds. The van der Waals surface area contributed by atoms with Crippen molar-refractivity contribution in [3.05, 3.63) is 167 Å². The molecule has 0 saturated heterocycles. The summed E-state index contributed by atoms with van der Waals surface area (Å²) in [4.78, 5) is 55.5. The van der Waals surface area contributed by atoms with Gasteiger partial charge in [0.1, 0.15) is 52.7 Å². The third-order valence-corrected chi connectivity index (χ3v) is 13.0. The topological polar surface area (TPSA) is 212 Å². The van der Waals surface area contributed by atoms with Crippen LogP contribution in [0, 0.1) is 78.1 Å². The van der Waals surface area contributed by atoms with Crippen molar-refractivity contribution in [3.63, 3.8) is 0 Å². The molecule has 12 aromatic rings. The SMILES string of the molecule is Cc1nc(C)nc(-c2ccc3c(c2)c2cc(-c4nc(C)nc(C)n4)ccc2n3-c2cc(-c3cccc(C#N)c3)c(-n3c4ccc(-c5nc(C)nc(C)n5)cc4c4cc(-c5nc(C)nc(C)n5)ccc43)cc2C#N)n1. The standard InChI is InChI=1S/C58H42N16/c1-29-61-30(2)66-55(65-29)39-12-16-49-45(21-39)46-22-40(56-67-31(3)62-32(4)68-56)13-17-50(46)73(49)53-26-44(38-11-9-10-37(20-38)27-59)54(25-43(53)28-60)74-51-18-14-41(57-69-33(5)63-34(6)70-57)23-47(51)48-24-42(15-19-52(48)74)58-71-35(7)64-36(8)72-58/h9-26H,1-8H3. The van der Waals surface area contributed by atoms with Gasteiger partial charge in [-0.3, -0.25) is 0 Å². The van der Waals surface area contributed by atoms with E-state index >= 15 is 0 Å². The minimum absolute atomic E-state index is 0.412. The van der Waals surface area contributed by atoms with E-state index in [1.807, 2.05) is 116 Å². The molecule has 0 bridgehead atoms.